The van der Waals surface area contributed by atoms with Crippen LogP contribution in [0.4, 0.5) is 0 Å². The minimum atomic E-state index is -0.989. The van der Waals surface area contributed by atoms with Gasteiger partial charge in [-0.2, -0.15) is 0 Å². The summed E-state index contributed by atoms with van der Waals surface area (Å²) in [7, 11) is 0. The highest BCUT2D eigenvalue weighted by molar-refractivity contribution is 5.67. The van der Waals surface area contributed by atoms with Crippen molar-refractivity contribution in [3.8, 4) is 0 Å². The summed E-state index contributed by atoms with van der Waals surface area (Å²) in [6.07, 6.45) is 7.45. The fraction of sp³-hybridized carbons (Fsp3) is 0.923. The second kappa shape index (κ2) is 11.9. The van der Waals surface area contributed by atoms with Crippen LogP contribution < -0.4 is 0 Å². The smallest absolute Gasteiger partial charge is 0.306 e. The van der Waals surface area contributed by atoms with Crippen LogP contribution in [-0.4, -0.2) is 35.5 Å². The van der Waals surface area contributed by atoms with E-state index in [1.165, 1.54) is 32.1 Å². The van der Waals surface area contributed by atoms with Gasteiger partial charge in [0.1, 0.15) is 0 Å². The maximum Gasteiger partial charge on any atom is 0.306 e. The van der Waals surface area contributed by atoms with E-state index in [-0.39, 0.29) is 13.0 Å². The highest BCUT2D eigenvalue weighted by Gasteiger charge is 2.08. The van der Waals surface area contributed by atoms with Gasteiger partial charge in [0, 0.05) is 6.61 Å². The lowest BCUT2D eigenvalue weighted by molar-refractivity contribution is -0.140. The Morgan fingerprint density at radius 1 is 1.12 bits per heavy atom. The quantitative estimate of drug-likeness (QED) is 0.519. The zero-order chi connectivity index (χ0) is 12.9. The lowest BCUT2D eigenvalue weighted by atomic mass is 10.1. The van der Waals surface area contributed by atoms with Crippen LogP contribution in [0, 0.1) is 0 Å². The van der Waals surface area contributed by atoms with Gasteiger partial charge < -0.3 is 14.9 Å². The van der Waals surface area contributed by atoms with Gasteiger partial charge in [0.25, 0.3) is 0 Å². The number of aliphatic hydroxyl groups excluding tert-OH is 1. The molecular weight excluding hydrogens is 220 g/mol. The van der Waals surface area contributed by atoms with E-state index in [0.29, 0.717) is 6.61 Å². The van der Waals surface area contributed by atoms with Crippen molar-refractivity contribution < 1.29 is 19.7 Å². The van der Waals surface area contributed by atoms with Crippen molar-refractivity contribution >= 4 is 5.97 Å². The third-order valence-corrected chi connectivity index (χ3v) is 2.61. The number of carboxylic acid groups (broad SMARTS) is 1. The Hall–Kier alpha value is -0.610. The molecule has 0 bridgehead atoms. The number of ether oxygens (including phenoxy) is 1. The average Bonchev–Trinajstić information content (AvgIpc) is 2.26. The summed E-state index contributed by atoms with van der Waals surface area (Å²) in [5.74, 6) is -0.989. The Morgan fingerprint density at radius 2 is 1.71 bits per heavy atom. The van der Waals surface area contributed by atoms with Gasteiger partial charge in [0.15, 0.2) is 0 Å². The van der Waals surface area contributed by atoms with E-state index >= 15 is 0 Å². The fourth-order valence-electron chi connectivity index (χ4n) is 1.64. The minimum Gasteiger partial charge on any atom is -0.481 e. The molecule has 2 N–H and O–H groups in total. The zero-order valence-corrected chi connectivity index (χ0v) is 10.9. The SMILES string of the molecule is CCCCCCCCCOCC(O)CC(=O)O. The molecule has 4 heteroatoms. The summed E-state index contributed by atoms with van der Waals surface area (Å²) in [5.41, 5.74) is 0. The normalized spacial score (nSPS) is 12.6. The van der Waals surface area contributed by atoms with E-state index in [1.807, 2.05) is 0 Å². The number of aliphatic hydroxyl groups is 1. The van der Waals surface area contributed by atoms with E-state index in [2.05, 4.69) is 6.92 Å². The monoisotopic (exact) mass is 246 g/mol. The third-order valence-electron chi connectivity index (χ3n) is 2.61. The van der Waals surface area contributed by atoms with Gasteiger partial charge in [-0.15, -0.1) is 0 Å². The first-order chi connectivity index (χ1) is 8.16. The molecule has 0 aliphatic rings. The second-order valence-electron chi connectivity index (χ2n) is 4.45. The van der Waals surface area contributed by atoms with Crippen LogP contribution in [0.3, 0.4) is 0 Å². The molecule has 0 aromatic rings. The van der Waals surface area contributed by atoms with E-state index in [1.54, 1.807) is 0 Å². The molecule has 1 atom stereocenters. The molecule has 4 nitrogen and oxygen atoms in total. The molecule has 0 rings (SSSR count). The molecule has 17 heavy (non-hydrogen) atoms. The Labute approximate surface area is 104 Å². The Kier molecular flexibility index (Phi) is 11.4. The van der Waals surface area contributed by atoms with Crippen molar-refractivity contribution in [3.05, 3.63) is 0 Å². The summed E-state index contributed by atoms with van der Waals surface area (Å²) in [5, 5.41) is 17.6. The molecule has 102 valence electrons. The van der Waals surface area contributed by atoms with E-state index in [0.717, 1.165) is 12.8 Å². The van der Waals surface area contributed by atoms with Gasteiger partial charge in [-0.3, -0.25) is 4.79 Å². The minimum absolute atomic E-state index is 0.127. The summed E-state index contributed by atoms with van der Waals surface area (Å²) in [6.45, 7) is 2.95. The molecule has 0 spiro atoms. The Morgan fingerprint density at radius 3 is 2.29 bits per heavy atom. The van der Waals surface area contributed by atoms with Crippen molar-refractivity contribution in [1.82, 2.24) is 0 Å². The maximum absolute atomic E-state index is 10.3. The Balaban J connectivity index is 3.10. The Bertz CT molecular complexity index is 182. The molecule has 0 heterocycles. The van der Waals surface area contributed by atoms with E-state index in [4.69, 9.17) is 9.84 Å². The summed E-state index contributed by atoms with van der Waals surface area (Å²) < 4.78 is 5.21. The molecule has 0 aliphatic heterocycles. The van der Waals surface area contributed by atoms with Crippen LogP contribution >= 0.6 is 0 Å². The van der Waals surface area contributed by atoms with Crippen molar-refractivity contribution in [1.29, 1.82) is 0 Å². The standard InChI is InChI=1S/C13H26O4/c1-2-3-4-5-6-7-8-9-17-11-12(14)10-13(15)16/h12,14H,2-11H2,1H3,(H,15,16). The molecule has 0 fully saturated rings. The third kappa shape index (κ3) is 13.3. The number of aliphatic carboxylic acids is 1. The molecule has 0 saturated heterocycles. The predicted molar refractivity (Wildman–Crippen MR) is 67.1 cm³/mol. The largest absolute Gasteiger partial charge is 0.481 e. The van der Waals surface area contributed by atoms with Gasteiger partial charge in [0.05, 0.1) is 19.1 Å². The van der Waals surface area contributed by atoms with E-state index in [9.17, 15) is 9.90 Å². The zero-order valence-electron chi connectivity index (χ0n) is 10.9. The van der Waals surface area contributed by atoms with Crippen molar-refractivity contribution in [2.75, 3.05) is 13.2 Å². The van der Waals surface area contributed by atoms with Crippen molar-refractivity contribution in [2.45, 2.75) is 64.4 Å². The molecular formula is C13H26O4. The van der Waals surface area contributed by atoms with Gasteiger partial charge in [-0.05, 0) is 6.42 Å². The van der Waals surface area contributed by atoms with Crippen LogP contribution in [0.2, 0.25) is 0 Å². The first-order valence-corrected chi connectivity index (χ1v) is 6.64. The lowest BCUT2D eigenvalue weighted by Gasteiger charge is -2.08. The number of carboxylic acids is 1. The van der Waals surface area contributed by atoms with Gasteiger partial charge >= 0.3 is 5.97 Å². The summed E-state index contributed by atoms with van der Waals surface area (Å²) in [4.78, 5) is 10.3. The molecule has 0 radical (unpaired) electrons. The van der Waals surface area contributed by atoms with Crippen LogP contribution in [0.5, 0.6) is 0 Å². The van der Waals surface area contributed by atoms with Crippen LogP contribution in [-0.2, 0) is 9.53 Å². The molecule has 0 amide bonds. The molecule has 0 aromatic carbocycles. The predicted octanol–water partition coefficient (Wildman–Crippen LogP) is 2.59. The van der Waals surface area contributed by atoms with Gasteiger partial charge in [-0.25, -0.2) is 0 Å². The fourth-order valence-corrected chi connectivity index (χ4v) is 1.64. The van der Waals surface area contributed by atoms with Crippen LogP contribution in [0.25, 0.3) is 0 Å². The molecule has 0 aliphatic carbocycles. The molecule has 0 aromatic heterocycles. The summed E-state index contributed by atoms with van der Waals surface area (Å²) in [6, 6.07) is 0. The van der Waals surface area contributed by atoms with Crippen molar-refractivity contribution in [3.63, 3.8) is 0 Å². The topological polar surface area (TPSA) is 66.8 Å². The van der Waals surface area contributed by atoms with Crippen molar-refractivity contribution in [2.24, 2.45) is 0 Å². The average molecular weight is 246 g/mol. The number of hydrogen-bond donors (Lipinski definition) is 2. The van der Waals surface area contributed by atoms with Crippen LogP contribution in [0.1, 0.15) is 58.3 Å². The number of hydrogen-bond acceptors (Lipinski definition) is 3. The first-order valence-electron chi connectivity index (χ1n) is 6.64. The highest BCUT2D eigenvalue weighted by atomic mass is 16.5. The molecule has 1 unspecified atom stereocenters. The highest BCUT2D eigenvalue weighted by Crippen LogP contribution is 2.06. The summed E-state index contributed by atoms with van der Waals surface area (Å²) >= 11 is 0. The second-order valence-corrected chi connectivity index (χ2v) is 4.45. The van der Waals surface area contributed by atoms with Crippen LogP contribution in [0.15, 0.2) is 0 Å². The van der Waals surface area contributed by atoms with Gasteiger partial charge in [0.2, 0.25) is 0 Å². The number of unbranched alkanes of at least 4 members (excludes halogenated alkanes) is 6. The lowest BCUT2D eigenvalue weighted by Crippen LogP contribution is -2.19. The first kappa shape index (κ1) is 16.4. The van der Waals surface area contributed by atoms with Gasteiger partial charge in [-0.1, -0.05) is 45.4 Å². The number of rotatable bonds is 12. The van der Waals surface area contributed by atoms with E-state index < -0.39 is 12.1 Å². The number of carbonyl (C=O) groups is 1. The maximum atomic E-state index is 10.3. The molecule has 0 saturated carbocycles.